The Morgan fingerprint density at radius 1 is 1.24 bits per heavy atom. The maximum absolute atomic E-state index is 11.2. The highest BCUT2D eigenvalue weighted by Gasteiger charge is 2.22. The molecule has 0 fully saturated rings. The number of benzene rings is 2. The van der Waals surface area contributed by atoms with Crippen LogP contribution in [0.15, 0.2) is 34.8 Å². The minimum absolute atomic E-state index is 0.00395. The van der Waals surface area contributed by atoms with E-state index in [1.807, 2.05) is 0 Å². The number of nitrogens with two attached hydrogens (primary N) is 1. The number of anilines is 1. The average molecular weight is 393 g/mol. The number of halogens is 3. The zero-order valence-electron chi connectivity index (χ0n) is 10.3. The van der Waals surface area contributed by atoms with Crippen LogP contribution < -0.4 is 16.0 Å². The Kier molecular flexibility index (Phi) is 4.89. The summed E-state index contributed by atoms with van der Waals surface area (Å²) in [5.74, 6) is 5.45. The molecule has 0 amide bonds. The Labute approximate surface area is 138 Å². The third kappa shape index (κ3) is 3.38. The molecule has 0 saturated heterocycles. The summed E-state index contributed by atoms with van der Waals surface area (Å²) in [5.41, 5.74) is 2.08. The van der Waals surface area contributed by atoms with Gasteiger partial charge in [-0.25, -0.2) is 0 Å². The van der Waals surface area contributed by atoms with Crippen LogP contribution in [0.3, 0.4) is 0 Å². The van der Waals surface area contributed by atoms with Crippen molar-refractivity contribution in [2.75, 3.05) is 5.43 Å². The number of nitrogens with one attached hydrogen (secondary N) is 1. The van der Waals surface area contributed by atoms with Gasteiger partial charge in [-0.1, -0.05) is 29.3 Å². The molecule has 6 nitrogen and oxygen atoms in total. The first kappa shape index (κ1) is 15.8. The molecule has 2 aromatic carbocycles. The summed E-state index contributed by atoms with van der Waals surface area (Å²) in [7, 11) is 0. The van der Waals surface area contributed by atoms with Gasteiger partial charge in [-0.3, -0.25) is 16.0 Å². The van der Waals surface area contributed by atoms with Crippen molar-refractivity contribution >= 4 is 50.5 Å². The van der Waals surface area contributed by atoms with Gasteiger partial charge >= 0.3 is 5.69 Å². The highest BCUT2D eigenvalue weighted by molar-refractivity contribution is 9.10. The molecule has 0 aliphatic carbocycles. The molecule has 0 spiro atoms. The Morgan fingerprint density at radius 3 is 2.57 bits per heavy atom. The zero-order chi connectivity index (χ0) is 15.6. The summed E-state index contributed by atoms with van der Waals surface area (Å²) in [4.78, 5) is 10.6. The van der Waals surface area contributed by atoms with Crippen molar-refractivity contribution in [2.24, 2.45) is 5.84 Å². The van der Waals surface area contributed by atoms with E-state index in [0.717, 1.165) is 0 Å². The largest absolute Gasteiger partial charge is 0.448 e. The number of nitrogens with zero attached hydrogens (tertiary/aromatic N) is 1. The van der Waals surface area contributed by atoms with Crippen LogP contribution in [0.25, 0.3) is 0 Å². The molecule has 9 heteroatoms. The number of rotatable bonds is 4. The molecule has 0 unspecified atom stereocenters. The molecule has 2 rings (SSSR count). The first-order valence-electron chi connectivity index (χ1n) is 5.50. The minimum Gasteiger partial charge on any atom is -0.448 e. The lowest BCUT2D eigenvalue weighted by Gasteiger charge is -2.11. The lowest BCUT2D eigenvalue weighted by atomic mass is 10.2. The average Bonchev–Trinajstić information content (AvgIpc) is 2.44. The first-order chi connectivity index (χ1) is 9.93. The normalized spacial score (nSPS) is 10.3. The Balaban J connectivity index is 2.49. The van der Waals surface area contributed by atoms with Crippen LogP contribution in [-0.2, 0) is 0 Å². The van der Waals surface area contributed by atoms with Crippen LogP contribution in [0.2, 0.25) is 10.0 Å². The second kappa shape index (κ2) is 6.48. The molecular weight excluding hydrogens is 385 g/mol. The molecule has 0 atom stereocenters. The van der Waals surface area contributed by atoms with Gasteiger partial charge < -0.3 is 10.2 Å². The number of ether oxygens (including phenoxy) is 1. The van der Waals surface area contributed by atoms with Crippen LogP contribution in [-0.4, -0.2) is 4.92 Å². The Hall–Kier alpha value is -1.54. The highest BCUT2D eigenvalue weighted by atomic mass is 79.9. The van der Waals surface area contributed by atoms with Gasteiger partial charge in [0, 0.05) is 10.5 Å². The smallest absolute Gasteiger partial charge is 0.335 e. The number of nitro benzene ring substituents is 1. The molecule has 0 aliphatic rings. The number of hydrazine groups is 1. The summed E-state index contributed by atoms with van der Waals surface area (Å²) in [5, 5.41) is 11.8. The van der Waals surface area contributed by atoms with E-state index in [1.54, 1.807) is 6.07 Å². The molecule has 110 valence electrons. The predicted octanol–water partition coefficient (Wildman–Crippen LogP) is 4.74. The van der Waals surface area contributed by atoms with Gasteiger partial charge in [0.2, 0.25) is 5.75 Å². The van der Waals surface area contributed by atoms with Gasteiger partial charge in [0.05, 0.1) is 15.0 Å². The zero-order valence-corrected chi connectivity index (χ0v) is 13.4. The van der Waals surface area contributed by atoms with E-state index in [1.165, 1.54) is 24.3 Å². The molecule has 0 aliphatic heterocycles. The number of nitro groups is 1. The minimum atomic E-state index is -0.598. The molecule has 3 N–H and O–H groups in total. The Morgan fingerprint density at radius 2 is 1.95 bits per heavy atom. The van der Waals surface area contributed by atoms with Crippen molar-refractivity contribution in [3.05, 3.63) is 55.0 Å². The van der Waals surface area contributed by atoms with Crippen molar-refractivity contribution < 1.29 is 9.66 Å². The molecule has 0 bridgehead atoms. The van der Waals surface area contributed by atoms with E-state index in [-0.39, 0.29) is 27.9 Å². The van der Waals surface area contributed by atoms with Crippen molar-refractivity contribution in [2.45, 2.75) is 0 Å². The lowest BCUT2D eigenvalue weighted by Crippen LogP contribution is -2.09. The fourth-order valence-electron chi connectivity index (χ4n) is 1.61. The summed E-state index contributed by atoms with van der Waals surface area (Å²) in [6.07, 6.45) is 0. The van der Waals surface area contributed by atoms with Crippen molar-refractivity contribution in [3.63, 3.8) is 0 Å². The second-order valence-corrected chi connectivity index (χ2v) is 5.52. The van der Waals surface area contributed by atoms with E-state index in [9.17, 15) is 10.1 Å². The SMILES string of the molecule is NNc1cccc(Oc2cc(Cl)c(Br)cc2Cl)c1[N+](=O)[O-]. The molecule has 0 saturated carbocycles. The standard InChI is InChI=1S/C12H8BrCl2N3O3/c13-6-4-8(15)11(5-7(6)14)21-10-3-1-2-9(17-16)12(10)18(19)20/h1-5,17H,16H2. The van der Waals surface area contributed by atoms with Crippen LogP contribution >= 0.6 is 39.1 Å². The number of nitrogen functional groups attached to an aromatic ring is 1. The van der Waals surface area contributed by atoms with E-state index >= 15 is 0 Å². The van der Waals surface area contributed by atoms with Gasteiger partial charge in [-0.05, 0) is 34.1 Å². The fraction of sp³-hybridized carbons (Fsp3) is 0. The summed E-state index contributed by atoms with van der Waals surface area (Å²) >= 11 is 15.2. The van der Waals surface area contributed by atoms with Crippen LogP contribution in [0.1, 0.15) is 0 Å². The van der Waals surface area contributed by atoms with E-state index in [0.29, 0.717) is 9.50 Å². The molecular formula is C12H8BrCl2N3O3. The van der Waals surface area contributed by atoms with Gasteiger partial charge in [0.15, 0.2) is 0 Å². The van der Waals surface area contributed by atoms with Crippen molar-refractivity contribution in [1.82, 2.24) is 0 Å². The van der Waals surface area contributed by atoms with Gasteiger partial charge in [-0.2, -0.15) is 0 Å². The van der Waals surface area contributed by atoms with E-state index < -0.39 is 4.92 Å². The highest BCUT2D eigenvalue weighted by Crippen LogP contribution is 2.41. The van der Waals surface area contributed by atoms with Crippen LogP contribution in [0.5, 0.6) is 11.5 Å². The summed E-state index contributed by atoms with van der Waals surface area (Å²) < 4.78 is 6.10. The number of hydrogen-bond acceptors (Lipinski definition) is 5. The number of para-hydroxylation sites is 1. The molecule has 0 heterocycles. The van der Waals surface area contributed by atoms with Crippen molar-refractivity contribution in [3.8, 4) is 11.5 Å². The predicted molar refractivity (Wildman–Crippen MR) is 85.1 cm³/mol. The molecule has 21 heavy (non-hydrogen) atoms. The van der Waals surface area contributed by atoms with Gasteiger partial charge in [-0.15, -0.1) is 0 Å². The van der Waals surface area contributed by atoms with E-state index in [4.69, 9.17) is 33.8 Å². The first-order valence-corrected chi connectivity index (χ1v) is 7.05. The lowest BCUT2D eigenvalue weighted by molar-refractivity contribution is -0.384. The second-order valence-electron chi connectivity index (χ2n) is 3.85. The summed E-state index contributed by atoms with van der Waals surface area (Å²) in [6.45, 7) is 0. The van der Waals surface area contributed by atoms with Gasteiger partial charge in [0.25, 0.3) is 0 Å². The maximum Gasteiger partial charge on any atom is 0.335 e. The summed E-state index contributed by atoms with van der Waals surface area (Å²) in [6, 6.07) is 7.45. The van der Waals surface area contributed by atoms with E-state index in [2.05, 4.69) is 21.4 Å². The maximum atomic E-state index is 11.2. The topological polar surface area (TPSA) is 90.4 Å². The van der Waals surface area contributed by atoms with Crippen molar-refractivity contribution in [1.29, 1.82) is 0 Å². The molecule has 2 aromatic rings. The molecule has 0 aromatic heterocycles. The Bertz CT molecular complexity index is 712. The quantitative estimate of drug-likeness (QED) is 0.339. The van der Waals surface area contributed by atoms with Gasteiger partial charge in [0.1, 0.15) is 11.4 Å². The molecule has 0 radical (unpaired) electrons. The third-order valence-corrected chi connectivity index (χ3v) is 4.02. The fourth-order valence-corrected chi connectivity index (χ4v) is 2.44. The number of hydrogen-bond donors (Lipinski definition) is 2. The van der Waals surface area contributed by atoms with Crippen LogP contribution in [0.4, 0.5) is 11.4 Å². The van der Waals surface area contributed by atoms with Crippen LogP contribution in [0, 0.1) is 10.1 Å². The monoisotopic (exact) mass is 391 g/mol. The third-order valence-electron chi connectivity index (χ3n) is 2.53.